The lowest BCUT2D eigenvalue weighted by Crippen LogP contribution is -2.46. The monoisotopic (exact) mass is 146 g/mol. The minimum Gasteiger partial charge on any atom is -0.426 e. The van der Waals surface area contributed by atoms with E-state index in [4.69, 9.17) is 15.8 Å². The Morgan fingerprint density at radius 2 is 2.30 bits per heavy atom. The zero-order valence-corrected chi connectivity index (χ0v) is 5.74. The Kier molecular flexibility index (Phi) is 4.02. The van der Waals surface area contributed by atoms with Crippen molar-refractivity contribution >= 4 is 13.0 Å². The number of rotatable bonds is 3. The summed E-state index contributed by atoms with van der Waals surface area (Å²) in [5.41, 5.74) is 4.95. The lowest BCUT2D eigenvalue weighted by atomic mass is 9.81. The molecule has 0 bridgehead atoms. The van der Waals surface area contributed by atoms with Crippen molar-refractivity contribution in [3.05, 3.63) is 0 Å². The first-order chi connectivity index (χ1) is 4.57. The van der Waals surface area contributed by atoms with Crippen LogP contribution in [0.3, 0.4) is 0 Å². The maximum atomic E-state index is 10.5. The third-order valence-electron chi connectivity index (χ3n) is 1.02. The van der Waals surface area contributed by atoms with Gasteiger partial charge in [0, 0.05) is 0 Å². The number of amides is 1. The van der Waals surface area contributed by atoms with E-state index >= 15 is 0 Å². The molecule has 0 unspecified atom stereocenters. The van der Waals surface area contributed by atoms with Crippen molar-refractivity contribution in [3.8, 4) is 0 Å². The highest BCUT2D eigenvalue weighted by atomic mass is 16.4. The van der Waals surface area contributed by atoms with Gasteiger partial charge in [-0.05, 0) is 6.92 Å². The van der Waals surface area contributed by atoms with Crippen LogP contribution in [0.25, 0.3) is 0 Å². The number of hydrogen-bond donors (Lipinski definition) is 4. The van der Waals surface area contributed by atoms with Crippen LogP contribution in [0, 0.1) is 0 Å². The van der Waals surface area contributed by atoms with Crippen molar-refractivity contribution in [2.45, 2.75) is 12.9 Å². The van der Waals surface area contributed by atoms with Gasteiger partial charge in [0.05, 0.1) is 12.5 Å². The highest BCUT2D eigenvalue weighted by Gasteiger charge is 2.18. The summed E-state index contributed by atoms with van der Waals surface area (Å²) >= 11 is 0. The summed E-state index contributed by atoms with van der Waals surface area (Å²) in [5.74, 6) is -1.07. The molecule has 1 atom stereocenters. The van der Waals surface area contributed by atoms with Gasteiger partial charge in [-0.2, -0.15) is 0 Å². The molecule has 0 heterocycles. The maximum absolute atomic E-state index is 10.5. The Labute approximate surface area is 59.4 Å². The SMILES string of the molecule is C[C@H](NC(=O)CN)B(O)O. The highest BCUT2D eigenvalue weighted by Crippen LogP contribution is 1.81. The van der Waals surface area contributed by atoms with Crippen molar-refractivity contribution in [3.63, 3.8) is 0 Å². The zero-order chi connectivity index (χ0) is 8.15. The van der Waals surface area contributed by atoms with Gasteiger partial charge in [0.1, 0.15) is 0 Å². The van der Waals surface area contributed by atoms with E-state index in [0.717, 1.165) is 0 Å². The van der Waals surface area contributed by atoms with Gasteiger partial charge >= 0.3 is 7.12 Å². The maximum Gasteiger partial charge on any atom is 0.475 e. The van der Waals surface area contributed by atoms with Crippen LogP contribution < -0.4 is 11.1 Å². The first-order valence-corrected chi connectivity index (χ1v) is 2.93. The summed E-state index contributed by atoms with van der Waals surface area (Å²) in [6, 6.07) is 0. The van der Waals surface area contributed by atoms with Crippen LogP contribution in [0.5, 0.6) is 0 Å². The summed E-state index contributed by atoms with van der Waals surface area (Å²) < 4.78 is 0. The second-order valence-corrected chi connectivity index (χ2v) is 1.97. The van der Waals surface area contributed by atoms with Crippen LogP contribution in [0.2, 0.25) is 0 Å². The van der Waals surface area contributed by atoms with Crippen LogP contribution in [-0.2, 0) is 4.79 Å². The van der Waals surface area contributed by atoms with E-state index in [1.807, 2.05) is 0 Å². The molecule has 0 aromatic rings. The van der Waals surface area contributed by atoms with Crippen LogP contribution in [0.1, 0.15) is 6.92 Å². The van der Waals surface area contributed by atoms with Gasteiger partial charge in [0.15, 0.2) is 0 Å². The lowest BCUT2D eigenvalue weighted by Gasteiger charge is -2.10. The Hall–Kier alpha value is -0.585. The van der Waals surface area contributed by atoms with E-state index in [0.29, 0.717) is 0 Å². The normalized spacial score (nSPS) is 12.4. The number of hydrogen-bond acceptors (Lipinski definition) is 4. The van der Waals surface area contributed by atoms with Crippen LogP contribution in [-0.4, -0.2) is 35.6 Å². The summed E-state index contributed by atoms with van der Waals surface area (Å²) in [6.45, 7) is 1.33. The van der Waals surface area contributed by atoms with Crippen LogP contribution >= 0.6 is 0 Å². The molecule has 0 saturated carbocycles. The fraction of sp³-hybridized carbons (Fsp3) is 0.750. The van der Waals surface area contributed by atoms with E-state index in [2.05, 4.69) is 5.32 Å². The average Bonchev–Trinajstić information content (AvgIpc) is 1.87. The fourth-order valence-corrected chi connectivity index (χ4v) is 0.387. The fourth-order valence-electron chi connectivity index (χ4n) is 0.387. The average molecular weight is 146 g/mol. The molecule has 0 radical (unpaired) electrons. The third-order valence-corrected chi connectivity index (χ3v) is 1.02. The quantitative estimate of drug-likeness (QED) is 0.330. The summed E-state index contributed by atoms with van der Waals surface area (Å²) in [7, 11) is -1.53. The van der Waals surface area contributed by atoms with E-state index < -0.39 is 19.0 Å². The van der Waals surface area contributed by atoms with Gasteiger partial charge in [-0.1, -0.05) is 0 Å². The molecule has 6 heteroatoms. The summed E-state index contributed by atoms with van der Waals surface area (Å²) in [6.07, 6.45) is 0. The van der Waals surface area contributed by atoms with E-state index in [1.54, 1.807) is 0 Å². The largest absolute Gasteiger partial charge is 0.475 e. The van der Waals surface area contributed by atoms with E-state index in [-0.39, 0.29) is 6.54 Å². The smallest absolute Gasteiger partial charge is 0.426 e. The van der Waals surface area contributed by atoms with Gasteiger partial charge in [-0.15, -0.1) is 0 Å². The number of nitrogens with two attached hydrogens (primary N) is 1. The van der Waals surface area contributed by atoms with Gasteiger partial charge < -0.3 is 21.1 Å². The molecule has 0 aliphatic carbocycles. The third kappa shape index (κ3) is 3.44. The molecule has 0 rings (SSSR count). The number of nitrogens with one attached hydrogen (secondary N) is 1. The predicted octanol–water partition coefficient (Wildman–Crippen LogP) is -2.54. The highest BCUT2D eigenvalue weighted by molar-refractivity contribution is 6.43. The van der Waals surface area contributed by atoms with Gasteiger partial charge in [0.2, 0.25) is 5.91 Å². The minimum atomic E-state index is -1.53. The standard InChI is InChI=1S/C4H11BN2O3/c1-3(5(9)10)7-4(8)2-6/h3,9-10H,2,6H2,1H3,(H,7,8)/t3-/m0/s1. The second kappa shape index (κ2) is 4.27. The first-order valence-electron chi connectivity index (χ1n) is 2.93. The molecule has 0 aromatic heterocycles. The molecule has 0 aliphatic rings. The minimum absolute atomic E-state index is 0.142. The molecule has 0 aromatic carbocycles. The Morgan fingerprint density at radius 1 is 1.80 bits per heavy atom. The summed E-state index contributed by atoms with van der Waals surface area (Å²) in [5, 5.41) is 19.2. The predicted molar refractivity (Wildman–Crippen MR) is 36.9 cm³/mol. The van der Waals surface area contributed by atoms with Crippen LogP contribution in [0.15, 0.2) is 0 Å². The Balaban J connectivity index is 3.57. The molecule has 1 amide bonds. The molecule has 0 fully saturated rings. The van der Waals surface area contributed by atoms with E-state index in [9.17, 15) is 4.79 Å². The molecule has 5 nitrogen and oxygen atoms in total. The molecular formula is C4H11BN2O3. The number of carbonyl (C=O) groups is 1. The molecule has 5 N–H and O–H groups in total. The van der Waals surface area contributed by atoms with E-state index in [1.165, 1.54) is 6.92 Å². The number of carbonyl (C=O) groups excluding carboxylic acids is 1. The molecular weight excluding hydrogens is 135 g/mol. The van der Waals surface area contributed by atoms with Gasteiger partial charge in [-0.25, -0.2) is 0 Å². The summed E-state index contributed by atoms with van der Waals surface area (Å²) in [4.78, 5) is 10.5. The van der Waals surface area contributed by atoms with Crippen molar-refractivity contribution in [2.75, 3.05) is 6.54 Å². The van der Waals surface area contributed by atoms with Crippen molar-refractivity contribution in [1.82, 2.24) is 5.32 Å². The Morgan fingerprint density at radius 3 is 2.60 bits per heavy atom. The molecule has 58 valence electrons. The molecule has 0 aliphatic heterocycles. The zero-order valence-electron chi connectivity index (χ0n) is 5.74. The Bertz CT molecular complexity index is 119. The van der Waals surface area contributed by atoms with Gasteiger partial charge in [-0.3, -0.25) is 4.79 Å². The van der Waals surface area contributed by atoms with Gasteiger partial charge in [0.25, 0.3) is 0 Å². The molecule has 0 spiro atoms. The second-order valence-electron chi connectivity index (χ2n) is 1.97. The topological polar surface area (TPSA) is 95.6 Å². The molecule has 0 saturated heterocycles. The first kappa shape index (κ1) is 9.41. The van der Waals surface area contributed by atoms with Crippen molar-refractivity contribution in [1.29, 1.82) is 0 Å². The van der Waals surface area contributed by atoms with Crippen LogP contribution in [0.4, 0.5) is 0 Å². The molecule has 10 heavy (non-hydrogen) atoms. The van der Waals surface area contributed by atoms with Crippen molar-refractivity contribution < 1.29 is 14.8 Å². The lowest BCUT2D eigenvalue weighted by molar-refractivity contribution is -0.120. The van der Waals surface area contributed by atoms with Crippen molar-refractivity contribution in [2.24, 2.45) is 5.73 Å².